The Balaban J connectivity index is 2.11. The topological polar surface area (TPSA) is 43.4 Å². The van der Waals surface area contributed by atoms with Crippen LogP contribution in [-0.4, -0.2) is 17.1 Å². The quantitative estimate of drug-likeness (QED) is 0.393. The van der Waals surface area contributed by atoms with Crippen LogP contribution < -0.4 is 0 Å². The zero-order valence-electron chi connectivity index (χ0n) is 12.8. The van der Waals surface area contributed by atoms with Crippen molar-refractivity contribution < 1.29 is 14.3 Å². The van der Waals surface area contributed by atoms with Crippen LogP contribution in [0.5, 0.6) is 0 Å². The average molecular weight is 375 g/mol. The molecule has 1 unspecified atom stereocenters. The fourth-order valence-corrected chi connectivity index (χ4v) is 2.53. The SMILES string of the molecule is O=C(CCCBr)C(=O)OC(Cc1ccccc1)c1ccccc1. The van der Waals surface area contributed by atoms with Crippen LogP contribution >= 0.6 is 15.9 Å². The molecular weight excluding hydrogens is 356 g/mol. The molecule has 2 aromatic carbocycles. The lowest BCUT2D eigenvalue weighted by Crippen LogP contribution is -2.21. The molecule has 0 aliphatic heterocycles. The molecule has 2 aromatic rings. The lowest BCUT2D eigenvalue weighted by atomic mass is 10.0. The fraction of sp³-hybridized carbons (Fsp3) is 0.263. The number of alkyl halides is 1. The number of ether oxygens (including phenoxy) is 1. The Bertz CT molecular complexity index is 626. The van der Waals surface area contributed by atoms with Crippen molar-refractivity contribution in [2.24, 2.45) is 0 Å². The predicted octanol–water partition coefficient (Wildman–Crippen LogP) is 4.26. The number of esters is 1. The highest BCUT2D eigenvalue weighted by atomic mass is 79.9. The summed E-state index contributed by atoms with van der Waals surface area (Å²) in [6.07, 6.45) is 0.918. The van der Waals surface area contributed by atoms with Crippen LogP contribution in [0, 0.1) is 0 Å². The molecule has 4 heteroatoms. The number of carbonyl (C=O) groups is 2. The minimum Gasteiger partial charge on any atom is -0.451 e. The van der Waals surface area contributed by atoms with E-state index in [1.165, 1.54) is 0 Å². The first-order valence-electron chi connectivity index (χ1n) is 7.59. The van der Waals surface area contributed by atoms with Gasteiger partial charge in [0.2, 0.25) is 5.78 Å². The monoisotopic (exact) mass is 374 g/mol. The van der Waals surface area contributed by atoms with Gasteiger partial charge < -0.3 is 4.74 Å². The van der Waals surface area contributed by atoms with E-state index >= 15 is 0 Å². The van der Waals surface area contributed by atoms with E-state index in [1.54, 1.807) is 0 Å². The standard InChI is InChI=1S/C19H19BrO3/c20-13-7-12-17(21)19(22)23-18(16-10-5-2-6-11-16)14-15-8-3-1-4-9-15/h1-6,8-11,18H,7,12-14H2. The molecule has 0 bridgehead atoms. The second-order valence-corrected chi connectivity index (χ2v) is 6.00. The molecular formula is C19H19BrO3. The second-order valence-electron chi connectivity index (χ2n) is 5.21. The Morgan fingerprint density at radius 3 is 2.17 bits per heavy atom. The van der Waals surface area contributed by atoms with Crippen LogP contribution in [0.2, 0.25) is 0 Å². The van der Waals surface area contributed by atoms with Gasteiger partial charge in [-0.3, -0.25) is 4.79 Å². The molecule has 1 atom stereocenters. The zero-order valence-corrected chi connectivity index (χ0v) is 14.4. The summed E-state index contributed by atoms with van der Waals surface area (Å²) in [4.78, 5) is 23.9. The van der Waals surface area contributed by atoms with E-state index in [9.17, 15) is 9.59 Å². The molecule has 0 heterocycles. The van der Waals surface area contributed by atoms with E-state index in [-0.39, 0.29) is 6.42 Å². The van der Waals surface area contributed by atoms with Crippen LogP contribution in [0.15, 0.2) is 60.7 Å². The molecule has 120 valence electrons. The average Bonchev–Trinajstić information content (AvgIpc) is 2.60. The van der Waals surface area contributed by atoms with Gasteiger partial charge in [-0.15, -0.1) is 0 Å². The molecule has 23 heavy (non-hydrogen) atoms. The van der Waals surface area contributed by atoms with Crippen molar-refractivity contribution in [3.63, 3.8) is 0 Å². The van der Waals surface area contributed by atoms with Crippen LogP contribution in [0.3, 0.4) is 0 Å². The van der Waals surface area contributed by atoms with Crippen molar-refractivity contribution in [2.75, 3.05) is 5.33 Å². The van der Waals surface area contributed by atoms with Gasteiger partial charge in [0.15, 0.2) is 0 Å². The number of halogens is 1. The summed E-state index contributed by atoms with van der Waals surface area (Å²) in [5.74, 6) is -1.23. The van der Waals surface area contributed by atoms with Crippen molar-refractivity contribution in [3.8, 4) is 0 Å². The molecule has 0 amide bonds. The molecule has 2 rings (SSSR count). The van der Waals surface area contributed by atoms with Gasteiger partial charge in [-0.2, -0.15) is 0 Å². The summed E-state index contributed by atoms with van der Waals surface area (Å²) >= 11 is 3.25. The molecule has 0 aliphatic rings. The van der Waals surface area contributed by atoms with E-state index in [4.69, 9.17) is 4.74 Å². The van der Waals surface area contributed by atoms with Crippen LogP contribution in [-0.2, 0) is 20.7 Å². The number of Topliss-reactive ketones (excluding diaryl/α,β-unsaturated/α-hetero) is 1. The highest BCUT2D eigenvalue weighted by molar-refractivity contribution is 9.09. The number of carbonyl (C=O) groups excluding carboxylic acids is 2. The molecule has 0 spiro atoms. The van der Waals surface area contributed by atoms with E-state index in [1.807, 2.05) is 60.7 Å². The van der Waals surface area contributed by atoms with Crippen molar-refractivity contribution >= 4 is 27.7 Å². The van der Waals surface area contributed by atoms with Gasteiger partial charge in [0.1, 0.15) is 6.10 Å². The summed E-state index contributed by atoms with van der Waals surface area (Å²) in [7, 11) is 0. The minimum atomic E-state index is -0.754. The Kier molecular flexibility index (Phi) is 7.01. The first-order chi connectivity index (χ1) is 11.2. The number of rotatable bonds is 8. The summed E-state index contributed by atoms with van der Waals surface area (Å²) in [5, 5.41) is 0.693. The van der Waals surface area contributed by atoms with Crippen molar-refractivity contribution in [3.05, 3.63) is 71.8 Å². The largest absolute Gasteiger partial charge is 0.451 e. The van der Waals surface area contributed by atoms with Crippen LogP contribution in [0.4, 0.5) is 0 Å². The predicted molar refractivity (Wildman–Crippen MR) is 93.5 cm³/mol. The van der Waals surface area contributed by atoms with Gasteiger partial charge in [0.25, 0.3) is 0 Å². The number of benzene rings is 2. The molecule has 0 N–H and O–H groups in total. The van der Waals surface area contributed by atoms with E-state index < -0.39 is 17.9 Å². The summed E-state index contributed by atoms with van der Waals surface area (Å²) in [6.45, 7) is 0. The van der Waals surface area contributed by atoms with E-state index in [2.05, 4.69) is 15.9 Å². The van der Waals surface area contributed by atoms with Crippen molar-refractivity contribution in [2.45, 2.75) is 25.4 Å². The third kappa shape index (κ3) is 5.64. The first-order valence-corrected chi connectivity index (χ1v) is 8.71. The maximum atomic E-state index is 12.0. The maximum absolute atomic E-state index is 12.0. The molecule has 0 fully saturated rings. The fourth-order valence-electron chi connectivity index (χ4n) is 2.25. The van der Waals surface area contributed by atoms with Gasteiger partial charge in [0.05, 0.1) is 0 Å². The Labute approximate surface area is 144 Å². The van der Waals surface area contributed by atoms with Crippen molar-refractivity contribution in [1.82, 2.24) is 0 Å². The van der Waals surface area contributed by atoms with Gasteiger partial charge in [-0.1, -0.05) is 76.6 Å². The first kappa shape index (κ1) is 17.4. The lowest BCUT2D eigenvalue weighted by Gasteiger charge is -2.18. The second kappa shape index (κ2) is 9.26. The van der Waals surface area contributed by atoms with Crippen molar-refractivity contribution in [1.29, 1.82) is 0 Å². The Hall–Kier alpha value is -1.94. The molecule has 3 nitrogen and oxygen atoms in total. The number of hydrogen-bond acceptors (Lipinski definition) is 3. The van der Waals surface area contributed by atoms with Gasteiger partial charge in [0, 0.05) is 18.2 Å². The Morgan fingerprint density at radius 2 is 1.57 bits per heavy atom. The van der Waals surface area contributed by atoms with E-state index in [0.717, 1.165) is 11.1 Å². The molecule has 0 saturated heterocycles. The van der Waals surface area contributed by atoms with E-state index in [0.29, 0.717) is 18.2 Å². The number of hydrogen-bond donors (Lipinski definition) is 0. The summed E-state index contributed by atoms with van der Waals surface area (Å²) in [5.41, 5.74) is 1.94. The highest BCUT2D eigenvalue weighted by Crippen LogP contribution is 2.23. The Morgan fingerprint density at radius 1 is 0.957 bits per heavy atom. The molecule has 0 aromatic heterocycles. The lowest BCUT2D eigenvalue weighted by molar-refractivity contribution is -0.158. The van der Waals surface area contributed by atoms with Crippen LogP contribution in [0.1, 0.15) is 30.1 Å². The van der Waals surface area contributed by atoms with Crippen LogP contribution in [0.25, 0.3) is 0 Å². The third-order valence-electron chi connectivity index (χ3n) is 3.45. The highest BCUT2D eigenvalue weighted by Gasteiger charge is 2.22. The third-order valence-corrected chi connectivity index (χ3v) is 4.01. The molecule has 0 saturated carbocycles. The number of ketones is 1. The van der Waals surface area contributed by atoms with Gasteiger partial charge in [-0.05, 0) is 17.5 Å². The zero-order chi connectivity index (χ0) is 16.5. The molecule has 0 aliphatic carbocycles. The van der Waals surface area contributed by atoms with Gasteiger partial charge >= 0.3 is 5.97 Å². The van der Waals surface area contributed by atoms with Gasteiger partial charge in [-0.25, -0.2) is 4.79 Å². The maximum Gasteiger partial charge on any atom is 0.375 e. The summed E-state index contributed by atoms with van der Waals surface area (Å²) < 4.78 is 5.50. The normalized spacial score (nSPS) is 11.7. The molecule has 0 radical (unpaired) electrons. The minimum absolute atomic E-state index is 0.205. The smallest absolute Gasteiger partial charge is 0.375 e. The summed E-state index contributed by atoms with van der Waals surface area (Å²) in [6, 6.07) is 19.3.